The van der Waals surface area contributed by atoms with Crippen molar-refractivity contribution >= 4 is 11.6 Å². The number of anilines is 1. The molecular formula is C14H23N5O. The van der Waals surface area contributed by atoms with E-state index in [0.717, 1.165) is 44.8 Å². The van der Waals surface area contributed by atoms with E-state index in [0.29, 0.717) is 0 Å². The molecule has 0 radical (unpaired) electrons. The minimum absolute atomic E-state index is 0.0497. The number of nitrogens with zero attached hydrogens (tertiary/aromatic N) is 4. The molecule has 110 valence electrons. The average molecular weight is 277 g/mol. The molecule has 1 atom stereocenters. The van der Waals surface area contributed by atoms with Crippen LogP contribution in [0.1, 0.15) is 19.3 Å². The molecule has 3 rings (SSSR count). The molecule has 1 amide bonds. The SMILES string of the molecule is Cn1cc(N2CCN(C(=O)[C@H]3CCCCN3)CC2)cn1. The molecule has 6 nitrogen and oxygen atoms in total. The maximum Gasteiger partial charge on any atom is 0.239 e. The smallest absolute Gasteiger partial charge is 0.239 e. The summed E-state index contributed by atoms with van der Waals surface area (Å²) in [5, 5.41) is 7.55. The van der Waals surface area contributed by atoms with Crippen LogP contribution in [0.3, 0.4) is 0 Å². The number of piperazine rings is 1. The summed E-state index contributed by atoms with van der Waals surface area (Å²) in [4.78, 5) is 16.7. The summed E-state index contributed by atoms with van der Waals surface area (Å²) in [5.41, 5.74) is 1.15. The number of amides is 1. The predicted molar refractivity (Wildman–Crippen MR) is 77.6 cm³/mol. The van der Waals surface area contributed by atoms with Crippen molar-refractivity contribution in [2.75, 3.05) is 37.6 Å². The highest BCUT2D eigenvalue weighted by atomic mass is 16.2. The zero-order valence-corrected chi connectivity index (χ0v) is 12.1. The van der Waals surface area contributed by atoms with E-state index in [1.807, 2.05) is 29.0 Å². The lowest BCUT2D eigenvalue weighted by Crippen LogP contribution is -2.55. The van der Waals surface area contributed by atoms with Gasteiger partial charge in [0.2, 0.25) is 5.91 Å². The van der Waals surface area contributed by atoms with Crippen molar-refractivity contribution in [1.82, 2.24) is 20.0 Å². The number of aromatic nitrogens is 2. The maximum atomic E-state index is 12.4. The molecule has 2 aliphatic heterocycles. The Balaban J connectivity index is 1.54. The molecule has 0 aromatic carbocycles. The molecule has 0 saturated carbocycles. The highest BCUT2D eigenvalue weighted by Crippen LogP contribution is 2.16. The lowest BCUT2D eigenvalue weighted by molar-refractivity contribution is -0.134. The van der Waals surface area contributed by atoms with Crippen LogP contribution in [0, 0.1) is 0 Å². The molecule has 0 bridgehead atoms. The van der Waals surface area contributed by atoms with Gasteiger partial charge in [-0.05, 0) is 19.4 Å². The Labute approximate surface area is 119 Å². The number of piperidine rings is 1. The second-order valence-electron chi connectivity index (χ2n) is 5.69. The molecule has 6 heteroatoms. The van der Waals surface area contributed by atoms with Crippen molar-refractivity contribution in [3.63, 3.8) is 0 Å². The van der Waals surface area contributed by atoms with Crippen LogP contribution in [-0.4, -0.2) is 59.4 Å². The van der Waals surface area contributed by atoms with Gasteiger partial charge in [0, 0.05) is 39.4 Å². The lowest BCUT2D eigenvalue weighted by atomic mass is 10.0. The Bertz CT molecular complexity index is 458. The number of nitrogens with one attached hydrogen (secondary N) is 1. The van der Waals surface area contributed by atoms with Crippen molar-refractivity contribution in [2.24, 2.45) is 7.05 Å². The molecule has 1 N–H and O–H groups in total. The molecule has 1 aromatic heterocycles. The maximum absolute atomic E-state index is 12.4. The lowest BCUT2D eigenvalue weighted by Gasteiger charge is -2.37. The van der Waals surface area contributed by atoms with Gasteiger partial charge in [0.1, 0.15) is 0 Å². The quantitative estimate of drug-likeness (QED) is 0.840. The Morgan fingerprint density at radius 1 is 1.30 bits per heavy atom. The van der Waals surface area contributed by atoms with Crippen LogP contribution in [0.2, 0.25) is 0 Å². The van der Waals surface area contributed by atoms with E-state index < -0.39 is 0 Å². The van der Waals surface area contributed by atoms with Crippen molar-refractivity contribution in [1.29, 1.82) is 0 Å². The zero-order chi connectivity index (χ0) is 13.9. The predicted octanol–water partition coefficient (Wildman–Crippen LogP) is 0.211. The summed E-state index contributed by atoms with van der Waals surface area (Å²) < 4.78 is 1.82. The van der Waals surface area contributed by atoms with Crippen LogP contribution in [0.15, 0.2) is 12.4 Å². The summed E-state index contributed by atoms with van der Waals surface area (Å²) in [5.74, 6) is 0.288. The van der Waals surface area contributed by atoms with Crippen LogP contribution in [-0.2, 0) is 11.8 Å². The van der Waals surface area contributed by atoms with E-state index in [-0.39, 0.29) is 11.9 Å². The highest BCUT2D eigenvalue weighted by Gasteiger charge is 2.28. The minimum Gasteiger partial charge on any atom is -0.365 e. The largest absolute Gasteiger partial charge is 0.365 e. The third-order valence-electron chi connectivity index (χ3n) is 4.26. The van der Waals surface area contributed by atoms with E-state index in [2.05, 4.69) is 15.3 Å². The van der Waals surface area contributed by atoms with Gasteiger partial charge in [0.05, 0.1) is 17.9 Å². The molecular weight excluding hydrogens is 254 g/mol. The molecule has 1 aromatic rings. The number of rotatable bonds is 2. The third-order valence-corrected chi connectivity index (χ3v) is 4.26. The van der Waals surface area contributed by atoms with Crippen molar-refractivity contribution in [3.05, 3.63) is 12.4 Å². The highest BCUT2D eigenvalue weighted by molar-refractivity contribution is 5.82. The van der Waals surface area contributed by atoms with Crippen LogP contribution in [0.5, 0.6) is 0 Å². The van der Waals surface area contributed by atoms with Crippen LogP contribution in [0.4, 0.5) is 5.69 Å². The molecule has 2 saturated heterocycles. The standard InChI is InChI=1S/C14H23N5O/c1-17-11-12(10-16-17)18-6-8-19(9-7-18)14(20)13-4-2-3-5-15-13/h10-11,13,15H,2-9H2,1H3/t13-/m1/s1. The molecule has 0 unspecified atom stereocenters. The first kappa shape index (κ1) is 13.4. The molecule has 0 aliphatic carbocycles. The van der Waals surface area contributed by atoms with Gasteiger partial charge in [-0.25, -0.2) is 0 Å². The summed E-state index contributed by atoms with van der Waals surface area (Å²) in [7, 11) is 1.93. The monoisotopic (exact) mass is 277 g/mol. The Morgan fingerprint density at radius 3 is 2.70 bits per heavy atom. The third kappa shape index (κ3) is 2.80. The van der Waals surface area contributed by atoms with Gasteiger partial charge in [0.25, 0.3) is 0 Å². The van der Waals surface area contributed by atoms with Crippen molar-refractivity contribution < 1.29 is 4.79 Å². The first-order chi connectivity index (χ1) is 9.74. The number of hydrogen-bond donors (Lipinski definition) is 1. The number of carbonyl (C=O) groups is 1. The summed E-state index contributed by atoms with van der Waals surface area (Å²) in [6, 6.07) is 0.0497. The molecule has 3 heterocycles. The van der Waals surface area contributed by atoms with Gasteiger partial charge < -0.3 is 15.1 Å². The van der Waals surface area contributed by atoms with Gasteiger partial charge in [-0.2, -0.15) is 5.10 Å². The molecule has 2 aliphatic rings. The Hall–Kier alpha value is -1.56. The van der Waals surface area contributed by atoms with Gasteiger partial charge in [-0.15, -0.1) is 0 Å². The van der Waals surface area contributed by atoms with E-state index in [1.165, 1.54) is 12.8 Å². The van der Waals surface area contributed by atoms with Crippen LogP contribution in [0.25, 0.3) is 0 Å². The molecule has 2 fully saturated rings. The first-order valence-corrected chi connectivity index (χ1v) is 7.50. The van der Waals surface area contributed by atoms with Crippen LogP contribution >= 0.6 is 0 Å². The average Bonchev–Trinajstić information content (AvgIpc) is 2.94. The second kappa shape index (κ2) is 5.83. The van der Waals surface area contributed by atoms with Gasteiger partial charge in [-0.1, -0.05) is 6.42 Å². The van der Waals surface area contributed by atoms with E-state index >= 15 is 0 Å². The molecule has 0 spiro atoms. The van der Waals surface area contributed by atoms with Crippen LogP contribution < -0.4 is 10.2 Å². The fourth-order valence-electron chi connectivity index (χ4n) is 3.04. The van der Waals surface area contributed by atoms with Crippen molar-refractivity contribution in [3.8, 4) is 0 Å². The zero-order valence-electron chi connectivity index (χ0n) is 12.1. The number of hydrogen-bond acceptors (Lipinski definition) is 4. The summed E-state index contributed by atoms with van der Waals surface area (Å²) >= 11 is 0. The number of aryl methyl sites for hydroxylation is 1. The fraction of sp³-hybridized carbons (Fsp3) is 0.714. The first-order valence-electron chi connectivity index (χ1n) is 7.50. The van der Waals surface area contributed by atoms with Gasteiger partial charge >= 0.3 is 0 Å². The van der Waals surface area contributed by atoms with Crippen molar-refractivity contribution in [2.45, 2.75) is 25.3 Å². The number of carbonyl (C=O) groups excluding carboxylic acids is 1. The fourth-order valence-corrected chi connectivity index (χ4v) is 3.04. The summed E-state index contributed by atoms with van der Waals surface area (Å²) in [6.07, 6.45) is 7.26. The topological polar surface area (TPSA) is 53.4 Å². The van der Waals surface area contributed by atoms with E-state index in [1.54, 1.807) is 0 Å². The van der Waals surface area contributed by atoms with E-state index in [4.69, 9.17) is 0 Å². The van der Waals surface area contributed by atoms with Gasteiger partial charge in [-0.3, -0.25) is 9.48 Å². The summed E-state index contributed by atoms with van der Waals surface area (Å²) in [6.45, 7) is 4.39. The molecule has 20 heavy (non-hydrogen) atoms. The minimum atomic E-state index is 0.0497. The normalized spacial score (nSPS) is 23.9. The second-order valence-corrected chi connectivity index (χ2v) is 5.69. The Kier molecular flexibility index (Phi) is 3.91. The Morgan fingerprint density at radius 2 is 2.10 bits per heavy atom. The van der Waals surface area contributed by atoms with Gasteiger partial charge in [0.15, 0.2) is 0 Å². The van der Waals surface area contributed by atoms with E-state index in [9.17, 15) is 4.79 Å².